The second-order valence-electron chi connectivity index (χ2n) is 5.76. The van der Waals surface area contributed by atoms with Gasteiger partial charge in [0.25, 0.3) is 0 Å². The minimum absolute atomic E-state index is 1.38. The number of hydrogen-bond donors (Lipinski definition) is 3. The Morgan fingerprint density at radius 3 is 1.14 bits per heavy atom. The fourth-order valence-corrected chi connectivity index (χ4v) is 2.77. The predicted octanol–water partition coefficient (Wildman–Crippen LogP) is 4.74. The van der Waals surface area contributed by atoms with Crippen LogP contribution in [-0.4, -0.2) is 42.6 Å². The second-order valence-corrected chi connectivity index (χ2v) is 7.78. The molecule has 124 valence electrons. The maximum Gasteiger partial charge on any atom is 0.466 e. The molecule has 0 radical (unpaired) electrons. The molecule has 0 unspecified atom stereocenters. The third-order valence-electron chi connectivity index (χ3n) is 3.46. The van der Waals surface area contributed by atoms with Gasteiger partial charge in [-0.1, -0.05) is 19.8 Å². The molecule has 0 heterocycles. The number of phosphoric acid groups is 1. The second kappa shape index (κ2) is 19.2. The zero-order valence-corrected chi connectivity index (χ0v) is 17.0. The Morgan fingerprint density at radius 1 is 0.667 bits per heavy atom. The van der Waals surface area contributed by atoms with Crippen LogP contribution in [0.2, 0.25) is 3.67 Å². The van der Waals surface area contributed by atoms with Crippen molar-refractivity contribution < 1.29 is 19.2 Å². The van der Waals surface area contributed by atoms with Crippen LogP contribution in [0.15, 0.2) is 0 Å². The average molecular weight is 332 g/mol. The van der Waals surface area contributed by atoms with Crippen LogP contribution in [0.4, 0.5) is 0 Å². The Hall–Kier alpha value is 1.11. The monoisotopic (exact) mass is 332 g/mol. The third-order valence-corrected chi connectivity index (χ3v) is 4.16. The van der Waals surface area contributed by atoms with E-state index in [1.807, 2.05) is 0 Å². The van der Waals surface area contributed by atoms with E-state index in [-0.39, 0.29) is 0 Å². The molecule has 0 bridgehead atoms. The Bertz CT molecular complexity index is 211. The van der Waals surface area contributed by atoms with Crippen molar-refractivity contribution in [2.75, 3.05) is 0 Å². The summed E-state index contributed by atoms with van der Waals surface area (Å²) in [7, 11) is -4.64. The van der Waals surface area contributed by atoms with Crippen LogP contribution in [0.25, 0.3) is 0 Å². The van der Waals surface area contributed by atoms with E-state index in [4.69, 9.17) is 19.2 Å². The van der Waals surface area contributed by atoms with Crippen molar-refractivity contribution in [3.63, 3.8) is 0 Å². The predicted molar refractivity (Wildman–Crippen MR) is 90.5 cm³/mol. The number of rotatable bonds is 13. The molecule has 0 saturated carbocycles. The maximum atomic E-state index is 8.88. The molecule has 0 saturated heterocycles. The van der Waals surface area contributed by atoms with Crippen molar-refractivity contribution in [3.05, 3.63) is 0 Å². The molecule has 0 aromatic heterocycles. The molecule has 4 nitrogen and oxygen atoms in total. The first-order valence-corrected chi connectivity index (χ1v) is 11.7. The molecular weight excluding hydrogens is 298 g/mol. The van der Waals surface area contributed by atoms with Crippen LogP contribution in [-0.2, 0) is 4.57 Å². The largest absolute Gasteiger partial charge is 0.466 e. The van der Waals surface area contributed by atoms with Crippen molar-refractivity contribution in [3.8, 4) is 0 Å². The molecule has 3 N–H and O–H groups in total. The summed E-state index contributed by atoms with van der Waals surface area (Å²) in [5.41, 5.74) is 0. The van der Waals surface area contributed by atoms with Crippen LogP contribution in [0, 0.1) is 0 Å². The smallest absolute Gasteiger partial charge is 0.303 e. The fraction of sp³-hybridized carbons (Fsp3) is 1.00. The first kappa shape index (κ1) is 24.4. The van der Waals surface area contributed by atoms with Crippen molar-refractivity contribution in [2.45, 2.75) is 94.1 Å². The number of unbranched alkanes of at least 4 members (excludes halogenated alkanes) is 12. The summed E-state index contributed by atoms with van der Waals surface area (Å²) >= 11 is 1.41. The Kier molecular flexibility index (Phi) is 22.2. The van der Waals surface area contributed by atoms with E-state index >= 15 is 0 Å². The quantitative estimate of drug-likeness (QED) is 0.259. The molecule has 0 spiro atoms. The summed E-state index contributed by atoms with van der Waals surface area (Å²) in [4.78, 5) is 21.6. The molecule has 0 rings (SSSR count). The minimum Gasteiger partial charge on any atom is -0.303 e. The van der Waals surface area contributed by atoms with Gasteiger partial charge < -0.3 is 14.7 Å². The number of hydrogen-bond acceptors (Lipinski definition) is 1. The Morgan fingerprint density at radius 2 is 0.905 bits per heavy atom. The van der Waals surface area contributed by atoms with Gasteiger partial charge in [0.05, 0.1) is 0 Å². The topological polar surface area (TPSA) is 77.8 Å². The van der Waals surface area contributed by atoms with Crippen molar-refractivity contribution in [2.24, 2.45) is 0 Å². The summed E-state index contributed by atoms with van der Waals surface area (Å²) in [6.45, 7) is 2.29. The van der Waals surface area contributed by atoms with Gasteiger partial charge in [-0.2, -0.15) is 0 Å². The zero-order chi connectivity index (χ0) is 16.4. The van der Waals surface area contributed by atoms with Gasteiger partial charge in [0.15, 0.2) is 0 Å². The molecule has 0 fully saturated rings. The molecule has 0 aromatic rings. The molecule has 0 aliphatic carbocycles. The van der Waals surface area contributed by atoms with E-state index in [9.17, 15) is 0 Å². The molecule has 0 aliphatic rings. The van der Waals surface area contributed by atoms with Crippen molar-refractivity contribution >= 4 is 35.8 Å². The normalized spacial score (nSPS) is 11.1. The molecule has 6 heteroatoms. The maximum absolute atomic E-state index is 8.88. The summed E-state index contributed by atoms with van der Waals surface area (Å²) in [6, 6.07) is 0. The van der Waals surface area contributed by atoms with E-state index < -0.39 is 7.82 Å². The van der Waals surface area contributed by atoms with Gasteiger partial charge in [0.2, 0.25) is 0 Å². The van der Waals surface area contributed by atoms with Crippen LogP contribution in [0.3, 0.4) is 0 Å². The van der Waals surface area contributed by atoms with Gasteiger partial charge in [0.1, 0.15) is 0 Å². The van der Waals surface area contributed by atoms with E-state index in [2.05, 4.69) is 6.92 Å². The average Bonchev–Trinajstić information content (AvgIpc) is 2.38. The first-order chi connectivity index (χ1) is 9.91. The van der Waals surface area contributed by atoms with Crippen molar-refractivity contribution in [1.82, 2.24) is 0 Å². The van der Waals surface area contributed by atoms with Gasteiger partial charge in [0, 0.05) is 0 Å². The van der Waals surface area contributed by atoms with Gasteiger partial charge in [-0.15, -0.1) is 0 Å². The van der Waals surface area contributed by atoms with Gasteiger partial charge >= 0.3 is 110 Å². The summed E-state index contributed by atoms with van der Waals surface area (Å²) in [6.07, 6.45) is 19.2. The molecular formula is C15H34NaO4P. The van der Waals surface area contributed by atoms with Crippen LogP contribution in [0.1, 0.15) is 90.4 Å². The molecule has 0 aliphatic heterocycles. The van der Waals surface area contributed by atoms with Gasteiger partial charge in [-0.05, 0) is 0 Å². The molecule has 21 heavy (non-hydrogen) atoms. The van der Waals surface area contributed by atoms with E-state index in [1.54, 1.807) is 0 Å². The SMILES string of the molecule is CCCCCCCCCCCCCC[CH2][Na].O=P(O)(O)O. The van der Waals surface area contributed by atoms with Crippen LogP contribution in [0.5, 0.6) is 0 Å². The molecule has 0 amide bonds. The summed E-state index contributed by atoms with van der Waals surface area (Å²) < 4.78 is 10.4. The van der Waals surface area contributed by atoms with E-state index in [1.165, 1.54) is 115 Å². The van der Waals surface area contributed by atoms with E-state index in [0.29, 0.717) is 0 Å². The van der Waals surface area contributed by atoms with E-state index in [0.717, 1.165) is 0 Å². The Labute approximate surface area is 148 Å². The molecule has 0 aromatic carbocycles. The van der Waals surface area contributed by atoms with Crippen molar-refractivity contribution in [1.29, 1.82) is 0 Å². The van der Waals surface area contributed by atoms with Crippen LogP contribution < -0.4 is 0 Å². The standard InChI is InChI=1S/C15H31.Na.H3O4P/c1-3-5-7-9-11-13-15-14-12-10-8-6-4-2;;1-5(2,3)4/h1,3-15H2,2H3;;(H3,1,2,3,4). The molecule has 0 atom stereocenters. The Balaban J connectivity index is 0. The zero-order valence-electron chi connectivity index (χ0n) is 14.1. The fourth-order valence-electron chi connectivity index (χ4n) is 2.27. The summed E-state index contributed by atoms with van der Waals surface area (Å²) in [5, 5.41) is 0. The van der Waals surface area contributed by atoms with Gasteiger partial charge in [-0.3, -0.25) is 0 Å². The summed E-state index contributed by atoms with van der Waals surface area (Å²) in [5.74, 6) is 0. The van der Waals surface area contributed by atoms with Crippen LogP contribution >= 0.6 is 7.82 Å². The third kappa shape index (κ3) is 38.7. The van der Waals surface area contributed by atoms with Gasteiger partial charge in [-0.25, -0.2) is 4.57 Å². The first-order valence-electron chi connectivity index (χ1n) is 8.70. The minimum atomic E-state index is -4.64.